The minimum atomic E-state index is -0.195. The Morgan fingerprint density at radius 3 is 2.45 bits per heavy atom. The quantitative estimate of drug-likeness (QED) is 0.379. The smallest absolute Gasteiger partial charge is 0.260 e. The highest BCUT2D eigenvalue weighted by Gasteiger charge is 2.18. The van der Waals surface area contributed by atoms with Crippen LogP contribution in [0.2, 0.25) is 5.02 Å². The molecule has 11 heteroatoms. The zero-order valence-electron chi connectivity index (χ0n) is 22.7. The van der Waals surface area contributed by atoms with E-state index in [0.717, 1.165) is 43.0 Å². The summed E-state index contributed by atoms with van der Waals surface area (Å²) in [5.41, 5.74) is 4.92. The molecule has 0 atom stereocenters. The summed E-state index contributed by atoms with van der Waals surface area (Å²) in [6.07, 6.45) is 3.33. The van der Waals surface area contributed by atoms with Gasteiger partial charge in [0, 0.05) is 73.2 Å². The van der Waals surface area contributed by atoms with Crippen LogP contribution in [0.3, 0.4) is 0 Å². The molecule has 0 spiro atoms. The third-order valence-electron chi connectivity index (χ3n) is 7.26. The Morgan fingerprint density at radius 1 is 1.00 bits per heavy atom. The van der Waals surface area contributed by atoms with E-state index in [1.165, 1.54) is 5.69 Å². The van der Waals surface area contributed by atoms with Crippen LogP contribution in [0.1, 0.15) is 19.5 Å². The number of likely N-dealkylation sites (N-methyl/N-ethyl adjacent to an activating group) is 1. The molecule has 0 amide bonds. The van der Waals surface area contributed by atoms with Gasteiger partial charge in [-0.1, -0.05) is 11.6 Å². The number of anilines is 3. The van der Waals surface area contributed by atoms with Crippen LogP contribution >= 0.6 is 11.6 Å². The minimum absolute atomic E-state index is 0.195. The lowest BCUT2D eigenvalue weighted by Crippen LogP contribution is -2.44. The molecule has 5 heterocycles. The fourth-order valence-corrected chi connectivity index (χ4v) is 5.24. The number of aryl methyl sites for hydroxylation is 1. The van der Waals surface area contributed by atoms with Crippen molar-refractivity contribution in [1.29, 1.82) is 0 Å². The topological polar surface area (TPSA) is 104 Å². The average molecular weight is 556 g/mol. The third-order valence-corrected chi connectivity index (χ3v) is 7.57. The van der Waals surface area contributed by atoms with E-state index in [4.69, 9.17) is 16.6 Å². The van der Waals surface area contributed by atoms with Crippen molar-refractivity contribution in [3.63, 3.8) is 0 Å². The fraction of sp³-hybridized carbons (Fsp3) is 0.310. The monoisotopic (exact) mass is 555 g/mol. The summed E-state index contributed by atoms with van der Waals surface area (Å²) >= 11 is 6.64. The molecular formula is C29H30ClN9O. The number of halogens is 1. The Morgan fingerprint density at radius 2 is 1.77 bits per heavy atom. The molecule has 40 heavy (non-hydrogen) atoms. The summed E-state index contributed by atoms with van der Waals surface area (Å²) < 4.78 is 1.63. The molecule has 1 N–H and O–H groups in total. The number of piperazine rings is 1. The maximum atomic E-state index is 13.6. The molecule has 4 aromatic rings. The van der Waals surface area contributed by atoms with E-state index >= 15 is 0 Å². The third kappa shape index (κ3) is 5.07. The van der Waals surface area contributed by atoms with Gasteiger partial charge in [0.25, 0.3) is 5.56 Å². The maximum Gasteiger partial charge on any atom is 0.260 e. The van der Waals surface area contributed by atoms with E-state index in [9.17, 15) is 4.79 Å². The Labute approximate surface area is 237 Å². The standard InChI is InChI=1S/C29H30ClN9O/c1-4-39-27-19(13-22(28(39)40)23-17-31-25(14-24(23)30)26-32-15-18(2)34-26)16-33-29(36-27)35-20-5-7-21(8-6-20)38-11-9-37(3)10-12-38/h5-8,13-14,16-17H,4,9-12,15H2,1-3H3,(H,33,35,36). The second-order valence-corrected chi connectivity index (χ2v) is 10.5. The Bertz CT molecular complexity index is 1700. The predicted octanol–water partition coefficient (Wildman–Crippen LogP) is 4.24. The molecule has 0 unspecified atom stereocenters. The highest BCUT2D eigenvalue weighted by Crippen LogP contribution is 2.29. The summed E-state index contributed by atoms with van der Waals surface area (Å²) in [5.74, 6) is 0.976. The number of hydrogen-bond acceptors (Lipinski definition) is 9. The zero-order valence-corrected chi connectivity index (χ0v) is 23.5. The van der Waals surface area contributed by atoms with Gasteiger partial charge in [-0.15, -0.1) is 0 Å². The second kappa shape index (κ2) is 10.8. The van der Waals surface area contributed by atoms with Crippen LogP contribution < -0.4 is 15.8 Å². The summed E-state index contributed by atoms with van der Waals surface area (Å²) in [4.78, 5) is 40.8. The highest BCUT2D eigenvalue weighted by atomic mass is 35.5. The lowest BCUT2D eigenvalue weighted by molar-refractivity contribution is 0.313. The summed E-state index contributed by atoms with van der Waals surface area (Å²) in [6.45, 7) is 8.98. The van der Waals surface area contributed by atoms with E-state index in [2.05, 4.69) is 54.2 Å². The van der Waals surface area contributed by atoms with Gasteiger partial charge in [0.2, 0.25) is 5.95 Å². The number of pyridine rings is 2. The van der Waals surface area contributed by atoms with Crippen molar-refractivity contribution >= 4 is 51.5 Å². The second-order valence-electron chi connectivity index (χ2n) is 10.1. The van der Waals surface area contributed by atoms with E-state index in [0.29, 0.717) is 52.4 Å². The lowest BCUT2D eigenvalue weighted by atomic mass is 10.1. The van der Waals surface area contributed by atoms with Crippen LogP contribution in [0.15, 0.2) is 63.6 Å². The molecule has 0 bridgehead atoms. The van der Waals surface area contributed by atoms with Gasteiger partial charge < -0.3 is 15.1 Å². The van der Waals surface area contributed by atoms with Crippen molar-refractivity contribution in [2.24, 2.45) is 9.98 Å². The Balaban J connectivity index is 1.28. The molecule has 10 nitrogen and oxygen atoms in total. The number of hydrogen-bond donors (Lipinski definition) is 1. The largest absolute Gasteiger partial charge is 0.369 e. The van der Waals surface area contributed by atoms with Crippen LogP contribution in [0.25, 0.3) is 22.2 Å². The molecule has 0 aliphatic carbocycles. The highest BCUT2D eigenvalue weighted by molar-refractivity contribution is 6.33. The van der Waals surface area contributed by atoms with Crippen LogP contribution in [0, 0.1) is 0 Å². The van der Waals surface area contributed by atoms with Crippen molar-refractivity contribution in [1.82, 2.24) is 24.4 Å². The van der Waals surface area contributed by atoms with Gasteiger partial charge in [0.1, 0.15) is 11.3 Å². The average Bonchev–Trinajstić information content (AvgIpc) is 3.40. The molecule has 1 aromatic carbocycles. The summed E-state index contributed by atoms with van der Waals surface area (Å²) in [7, 11) is 2.15. The lowest BCUT2D eigenvalue weighted by Gasteiger charge is -2.34. The SMILES string of the molecule is CCn1c(=O)c(-c2cnc(C3=NCC(C)=N3)cc2Cl)cc2cnc(Nc3ccc(N4CCN(C)CC4)cc3)nc21. The number of aromatic nitrogens is 4. The first-order valence-electron chi connectivity index (χ1n) is 13.4. The van der Waals surface area contributed by atoms with E-state index in [1.54, 1.807) is 29.1 Å². The van der Waals surface area contributed by atoms with Crippen LogP contribution in [-0.4, -0.2) is 75.7 Å². The van der Waals surface area contributed by atoms with Gasteiger partial charge in [0.15, 0.2) is 5.84 Å². The maximum absolute atomic E-state index is 13.6. The van der Waals surface area contributed by atoms with Crippen molar-refractivity contribution < 1.29 is 0 Å². The number of benzene rings is 1. The molecule has 3 aromatic heterocycles. The van der Waals surface area contributed by atoms with Gasteiger partial charge in [-0.3, -0.25) is 19.3 Å². The molecular weight excluding hydrogens is 526 g/mol. The number of fused-ring (bicyclic) bond motifs is 1. The molecule has 0 radical (unpaired) electrons. The molecule has 6 rings (SSSR count). The first-order chi connectivity index (χ1) is 19.4. The first-order valence-corrected chi connectivity index (χ1v) is 13.7. The molecule has 2 aliphatic rings. The number of rotatable bonds is 6. The van der Waals surface area contributed by atoms with Crippen LogP contribution in [0.4, 0.5) is 17.3 Å². The van der Waals surface area contributed by atoms with Crippen LogP contribution in [-0.2, 0) is 6.54 Å². The number of nitrogens with zero attached hydrogens (tertiary/aromatic N) is 8. The van der Waals surface area contributed by atoms with E-state index in [1.807, 2.05) is 26.0 Å². The van der Waals surface area contributed by atoms with Crippen molar-refractivity contribution in [2.75, 3.05) is 50.0 Å². The molecule has 204 valence electrons. The summed E-state index contributed by atoms with van der Waals surface area (Å²) in [6, 6.07) is 11.8. The van der Waals surface area contributed by atoms with Gasteiger partial charge in [-0.25, -0.2) is 9.98 Å². The number of aliphatic imine (C=N–C) groups is 2. The van der Waals surface area contributed by atoms with Gasteiger partial charge in [0.05, 0.1) is 17.1 Å². The zero-order chi connectivity index (χ0) is 27.8. The van der Waals surface area contributed by atoms with E-state index in [-0.39, 0.29) is 5.56 Å². The van der Waals surface area contributed by atoms with E-state index < -0.39 is 0 Å². The Hall–Kier alpha value is -4.15. The minimum Gasteiger partial charge on any atom is -0.369 e. The van der Waals surface area contributed by atoms with Gasteiger partial charge in [-0.05, 0) is 57.3 Å². The van der Waals surface area contributed by atoms with Crippen LogP contribution in [0.5, 0.6) is 0 Å². The number of nitrogens with one attached hydrogen (secondary N) is 1. The molecule has 0 saturated carbocycles. The predicted molar refractivity (Wildman–Crippen MR) is 162 cm³/mol. The molecule has 1 saturated heterocycles. The number of amidine groups is 1. The molecule has 1 fully saturated rings. The molecule has 2 aliphatic heterocycles. The van der Waals surface area contributed by atoms with Crippen molar-refractivity contribution in [3.8, 4) is 11.1 Å². The normalized spacial score (nSPS) is 15.8. The van der Waals surface area contributed by atoms with Crippen molar-refractivity contribution in [2.45, 2.75) is 20.4 Å². The fourth-order valence-electron chi connectivity index (χ4n) is 4.99. The Kier molecular flexibility index (Phi) is 7.03. The first kappa shape index (κ1) is 26.1. The summed E-state index contributed by atoms with van der Waals surface area (Å²) in [5, 5.41) is 4.42. The van der Waals surface area contributed by atoms with Gasteiger partial charge in [-0.2, -0.15) is 4.98 Å². The van der Waals surface area contributed by atoms with Gasteiger partial charge >= 0.3 is 0 Å². The van der Waals surface area contributed by atoms with Crippen molar-refractivity contribution in [3.05, 3.63) is 69.9 Å².